The molecule has 1 amide bonds. The molecule has 1 aliphatic heterocycles. The van der Waals surface area contributed by atoms with Crippen molar-refractivity contribution >= 4 is 12.1 Å². The second-order valence-corrected chi connectivity index (χ2v) is 5.62. The number of carboxylic acids is 1. The van der Waals surface area contributed by atoms with Crippen LogP contribution in [0, 0.1) is 11.8 Å². The lowest BCUT2D eigenvalue weighted by Gasteiger charge is -2.45. The first kappa shape index (κ1) is 14.9. The molecule has 3 atom stereocenters. The minimum atomic E-state index is -0.943. The van der Waals surface area contributed by atoms with E-state index in [0.717, 1.165) is 37.8 Å². The normalized spacial score (nSPS) is 31.8. The average molecular weight is 281 g/mol. The molecule has 1 N–H and O–H groups in total. The van der Waals surface area contributed by atoms with Crippen molar-refractivity contribution in [1.82, 2.24) is 4.90 Å². The number of fused-ring (bicyclic) bond motifs is 1. The third-order valence-corrected chi connectivity index (χ3v) is 4.47. The Morgan fingerprint density at radius 3 is 2.70 bits per heavy atom. The van der Waals surface area contributed by atoms with Gasteiger partial charge in [-0.2, -0.15) is 0 Å². The molecule has 1 heterocycles. The van der Waals surface area contributed by atoms with Gasteiger partial charge < -0.3 is 9.84 Å². The number of allylic oxidation sites excluding steroid dienone is 2. The first-order valence-corrected chi connectivity index (χ1v) is 7.40. The molecule has 0 spiro atoms. The smallest absolute Gasteiger partial charge is 0.414 e. The Labute approximate surface area is 119 Å². The molecule has 0 aromatic rings. The van der Waals surface area contributed by atoms with Gasteiger partial charge in [-0.15, -0.1) is 0 Å². The first-order valence-electron chi connectivity index (χ1n) is 7.40. The van der Waals surface area contributed by atoms with E-state index in [1.165, 1.54) is 12.0 Å². The molecule has 2 fully saturated rings. The zero-order valence-corrected chi connectivity index (χ0v) is 12.2. The number of methoxy groups -OCH3 is 1. The van der Waals surface area contributed by atoms with Crippen LogP contribution in [0.4, 0.5) is 4.79 Å². The van der Waals surface area contributed by atoms with Crippen molar-refractivity contribution in [3.8, 4) is 0 Å². The fraction of sp³-hybridized carbons (Fsp3) is 0.733. The minimum absolute atomic E-state index is 0.304. The van der Waals surface area contributed by atoms with Crippen LogP contribution in [0.5, 0.6) is 0 Å². The number of ether oxygens (including phenoxy) is 1. The van der Waals surface area contributed by atoms with Crippen molar-refractivity contribution in [2.75, 3.05) is 7.11 Å². The van der Waals surface area contributed by atoms with Gasteiger partial charge in [0.25, 0.3) is 0 Å². The van der Waals surface area contributed by atoms with Gasteiger partial charge in [-0.05, 0) is 31.6 Å². The zero-order chi connectivity index (χ0) is 14.7. The van der Waals surface area contributed by atoms with E-state index in [1.54, 1.807) is 0 Å². The van der Waals surface area contributed by atoms with Gasteiger partial charge in [0.1, 0.15) is 6.04 Å². The van der Waals surface area contributed by atoms with E-state index in [-0.39, 0.29) is 0 Å². The number of carboxylic acid groups (broad SMARTS) is 1. The Kier molecular flexibility index (Phi) is 4.68. The number of hydrogen-bond donors (Lipinski definition) is 1. The van der Waals surface area contributed by atoms with Gasteiger partial charge in [-0.1, -0.05) is 25.8 Å². The average Bonchev–Trinajstić information content (AvgIpc) is 2.46. The van der Waals surface area contributed by atoms with Crippen LogP contribution in [-0.2, 0) is 9.53 Å². The lowest BCUT2D eigenvalue weighted by Crippen LogP contribution is -2.52. The van der Waals surface area contributed by atoms with Crippen LogP contribution in [0.2, 0.25) is 0 Å². The SMILES string of the molecule is CCC=C1C2CCCCC2CC(C(=O)O)N1C(=O)OC. The largest absolute Gasteiger partial charge is 0.480 e. The summed E-state index contributed by atoms with van der Waals surface area (Å²) in [4.78, 5) is 24.9. The van der Waals surface area contributed by atoms with E-state index in [4.69, 9.17) is 4.74 Å². The van der Waals surface area contributed by atoms with Crippen LogP contribution in [0.25, 0.3) is 0 Å². The Bertz CT molecular complexity index is 418. The molecule has 0 radical (unpaired) electrons. The summed E-state index contributed by atoms with van der Waals surface area (Å²) in [5.74, 6) is -0.261. The molecule has 1 aliphatic carbocycles. The van der Waals surface area contributed by atoms with E-state index >= 15 is 0 Å². The fourth-order valence-electron chi connectivity index (χ4n) is 3.63. The number of carbonyl (C=O) groups is 2. The van der Waals surface area contributed by atoms with E-state index in [9.17, 15) is 14.7 Å². The maximum absolute atomic E-state index is 12.0. The fourth-order valence-corrected chi connectivity index (χ4v) is 3.63. The molecule has 5 heteroatoms. The van der Waals surface area contributed by atoms with Gasteiger partial charge in [0.05, 0.1) is 7.11 Å². The molecule has 0 aromatic heterocycles. The zero-order valence-electron chi connectivity index (χ0n) is 12.2. The van der Waals surface area contributed by atoms with Crippen LogP contribution in [-0.4, -0.2) is 35.2 Å². The predicted molar refractivity (Wildman–Crippen MR) is 74.1 cm³/mol. The summed E-state index contributed by atoms with van der Waals surface area (Å²) in [7, 11) is 1.30. The molecule has 2 aliphatic rings. The quantitative estimate of drug-likeness (QED) is 0.845. The summed E-state index contributed by atoms with van der Waals surface area (Å²) in [5.41, 5.74) is 0.864. The van der Waals surface area contributed by atoms with Crippen LogP contribution in [0.3, 0.4) is 0 Å². The number of hydrogen-bond acceptors (Lipinski definition) is 3. The molecule has 112 valence electrons. The second-order valence-electron chi connectivity index (χ2n) is 5.62. The molecule has 1 saturated heterocycles. The maximum Gasteiger partial charge on any atom is 0.414 e. The van der Waals surface area contributed by atoms with Crippen LogP contribution in [0.15, 0.2) is 11.8 Å². The molecule has 0 aromatic carbocycles. The Morgan fingerprint density at radius 1 is 1.40 bits per heavy atom. The predicted octanol–water partition coefficient (Wildman–Crippen LogP) is 3.01. The van der Waals surface area contributed by atoms with E-state index in [1.807, 2.05) is 13.0 Å². The van der Waals surface area contributed by atoms with Crippen LogP contribution >= 0.6 is 0 Å². The standard InChI is InChI=1S/C15H23NO4/c1-3-6-12-11-8-5-4-7-10(11)9-13(14(17)18)16(12)15(19)20-2/h6,10-11,13H,3-5,7-9H2,1-2H3,(H,17,18). The van der Waals surface area contributed by atoms with Crippen molar-refractivity contribution in [1.29, 1.82) is 0 Å². The maximum atomic E-state index is 12.0. The van der Waals surface area contributed by atoms with E-state index in [0.29, 0.717) is 18.3 Å². The summed E-state index contributed by atoms with van der Waals surface area (Å²) in [5, 5.41) is 9.45. The highest BCUT2D eigenvalue weighted by atomic mass is 16.5. The lowest BCUT2D eigenvalue weighted by molar-refractivity contribution is -0.144. The third-order valence-electron chi connectivity index (χ3n) is 4.47. The van der Waals surface area contributed by atoms with Crippen molar-refractivity contribution in [3.63, 3.8) is 0 Å². The lowest BCUT2D eigenvalue weighted by atomic mass is 9.71. The summed E-state index contributed by atoms with van der Waals surface area (Å²) < 4.78 is 4.81. The van der Waals surface area contributed by atoms with Gasteiger partial charge in [0.15, 0.2) is 0 Å². The van der Waals surface area contributed by atoms with Gasteiger partial charge in [-0.3, -0.25) is 4.90 Å². The molecule has 1 saturated carbocycles. The Balaban J connectivity index is 2.38. The highest BCUT2D eigenvalue weighted by Crippen LogP contribution is 2.44. The van der Waals surface area contributed by atoms with Crippen molar-refractivity contribution < 1.29 is 19.4 Å². The Hall–Kier alpha value is -1.52. The number of nitrogens with zero attached hydrogens (tertiary/aromatic N) is 1. The van der Waals surface area contributed by atoms with Gasteiger partial charge >= 0.3 is 12.1 Å². The van der Waals surface area contributed by atoms with Gasteiger partial charge in [0, 0.05) is 11.6 Å². The number of likely N-dealkylation sites (tertiary alicyclic amines) is 1. The van der Waals surface area contributed by atoms with E-state index in [2.05, 4.69) is 0 Å². The van der Waals surface area contributed by atoms with Crippen molar-refractivity contribution in [2.24, 2.45) is 11.8 Å². The van der Waals surface area contributed by atoms with Crippen LogP contribution in [0.1, 0.15) is 45.4 Å². The monoisotopic (exact) mass is 281 g/mol. The molecule has 3 unspecified atom stereocenters. The minimum Gasteiger partial charge on any atom is -0.480 e. The van der Waals surface area contributed by atoms with Gasteiger partial charge in [0.2, 0.25) is 0 Å². The number of carbonyl (C=O) groups excluding carboxylic acids is 1. The number of amides is 1. The summed E-state index contributed by atoms with van der Waals surface area (Å²) in [6.45, 7) is 2.00. The highest BCUT2D eigenvalue weighted by molar-refractivity contribution is 5.82. The van der Waals surface area contributed by atoms with E-state index < -0.39 is 18.1 Å². The summed E-state index contributed by atoms with van der Waals surface area (Å²) in [6, 6.07) is -0.792. The molecule has 5 nitrogen and oxygen atoms in total. The second kappa shape index (κ2) is 6.29. The topological polar surface area (TPSA) is 66.8 Å². The number of aliphatic carboxylic acids is 1. The van der Waals surface area contributed by atoms with Gasteiger partial charge in [-0.25, -0.2) is 9.59 Å². The number of rotatable bonds is 2. The molecule has 2 rings (SSSR count). The third kappa shape index (κ3) is 2.67. The van der Waals surface area contributed by atoms with Crippen LogP contribution < -0.4 is 0 Å². The van der Waals surface area contributed by atoms with Crippen molar-refractivity contribution in [3.05, 3.63) is 11.8 Å². The molecular weight excluding hydrogens is 258 g/mol. The first-order chi connectivity index (χ1) is 9.60. The van der Waals surface area contributed by atoms with Crippen molar-refractivity contribution in [2.45, 2.75) is 51.5 Å². The molecular formula is C15H23NO4. The molecule has 20 heavy (non-hydrogen) atoms. The number of piperidine rings is 1. The Morgan fingerprint density at radius 2 is 2.10 bits per heavy atom. The molecule has 0 bridgehead atoms. The highest BCUT2D eigenvalue weighted by Gasteiger charge is 2.45. The summed E-state index contributed by atoms with van der Waals surface area (Å²) >= 11 is 0. The summed E-state index contributed by atoms with van der Waals surface area (Å²) in [6.07, 6.45) is 7.17.